The summed E-state index contributed by atoms with van der Waals surface area (Å²) in [5, 5.41) is 3.91. The number of ketones is 1. The van der Waals surface area contributed by atoms with Gasteiger partial charge in [0.05, 0.1) is 10.4 Å². The van der Waals surface area contributed by atoms with Gasteiger partial charge in [-0.05, 0) is 65.8 Å². The van der Waals surface area contributed by atoms with E-state index in [1.165, 1.54) is 24.0 Å². The number of allylic oxidation sites excluding steroid dienone is 4. The molecule has 0 bridgehead atoms. The molecular formula is C30H23O2+. The van der Waals surface area contributed by atoms with Crippen LogP contribution in [0.2, 0.25) is 0 Å². The highest BCUT2D eigenvalue weighted by molar-refractivity contribution is 6.19. The monoisotopic (exact) mass is 415 g/mol. The van der Waals surface area contributed by atoms with Crippen LogP contribution in [0.3, 0.4) is 0 Å². The molecule has 0 radical (unpaired) electrons. The van der Waals surface area contributed by atoms with Crippen molar-refractivity contribution in [1.29, 1.82) is 0 Å². The zero-order chi connectivity index (χ0) is 21.5. The summed E-state index contributed by atoms with van der Waals surface area (Å²) < 4.78 is 6.10. The lowest BCUT2D eigenvalue weighted by Crippen LogP contribution is -2.11. The van der Waals surface area contributed by atoms with Crippen LogP contribution in [0.4, 0.5) is 0 Å². The summed E-state index contributed by atoms with van der Waals surface area (Å²) in [6, 6.07) is 26.4. The molecule has 2 nitrogen and oxygen atoms in total. The highest BCUT2D eigenvalue weighted by Crippen LogP contribution is 2.36. The fourth-order valence-electron chi connectivity index (χ4n) is 5.12. The van der Waals surface area contributed by atoms with Crippen molar-refractivity contribution in [3.05, 3.63) is 113 Å². The standard InChI is InChI=1S/C30H23O2/c31-30(29-24-13-5-3-11-21(24)19-22-12-4-6-14-25(22)29)32-28-18-17-23(20-9-1-2-10-20)26-15-7-8-16-27(26)28/h3-8,11-19H,1-2,9-10H2/q+1. The Bertz CT molecular complexity index is 1420. The van der Waals surface area contributed by atoms with Crippen molar-refractivity contribution in [2.24, 2.45) is 0 Å². The zero-order valence-corrected chi connectivity index (χ0v) is 17.8. The predicted octanol–water partition coefficient (Wildman–Crippen LogP) is 7.45. The van der Waals surface area contributed by atoms with E-state index >= 15 is 0 Å². The lowest BCUT2D eigenvalue weighted by molar-refractivity contribution is -0.166. The molecule has 32 heavy (non-hydrogen) atoms. The van der Waals surface area contributed by atoms with Crippen LogP contribution in [0, 0.1) is 0 Å². The second-order valence-corrected chi connectivity index (χ2v) is 8.55. The smallest absolute Gasteiger partial charge is 0.267 e. The minimum absolute atomic E-state index is 0.315. The summed E-state index contributed by atoms with van der Waals surface area (Å²) in [5.41, 5.74) is 5.59. The van der Waals surface area contributed by atoms with E-state index in [0.717, 1.165) is 45.5 Å². The molecule has 0 N–H and O–H groups in total. The van der Waals surface area contributed by atoms with Gasteiger partial charge in [-0.15, -0.1) is 0 Å². The van der Waals surface area contributed by atoms with Gasteiger partial charge in [0.2, 0.25) is 0 Å². The third-order valence-corrected chi connectivity index (χ3v) is 6.65. The highest BCUT2D eigenvalue weighted by atomic mass is 16.5. The summed E-state index contributed by atoms with van der Waals surface area (Å²) in [6.07, 6.45) is 8.93. The van der Waals surface area contributed by atoms with E-state index in [1.807, 2.05) is 60.7 Å². The number of carbonyl (C=O) groups excluding carboxylic acids is 2. The summed E-state index contributed by atoms with van der Waals surface area (Å²) in [7, 11) is 0. The molecule has 2 aliphatic rings. The number of benzene rings is 4. The van der Waals surface area contributed by atoms with Crippen molar-refractivity contribution >= 4 is 38.9 Å². The van der Waals surface area contributed by atoms with Crippen molar-refractivity contribution in [1.82, 2.24) is 0 Å². The maximum absolute atomic E-state index is 13.6. The molecule has 1 saturated carbocycles. The average molecular weight is 416 g/mol. The van der Waals surface area contributed by atoms with E-state index in [1.54, 1.807) is 0 Å². The molecule has 0 unspecified atom stereocenters. The van der Waals surface area contributed by atoms with Gasteiger partial charge in [-0.2, -0.15) is 0 Å². The fourth-order valence-corrected chi connectivity index (χ4v) is 5.12. The Labute approximate surface area is 187 Å². The minimum atomic E-state index is -0.315. The predicted molar refractivity (Wildman–Crippen MR) is 131 cm³/mol. The van der Waals surface area contributed by atoms with E-state index in [4.69, 9.17) is 4.42 Å². The topological polar surface area (TPSA) is 28.4 Å². The highest BCUT2D eigenvalue weighted by Gasteiger charge is 2.29. The van der Waals surface area contributed by atoms with E-state index < -0.39 is 0 Å². The van der Waals surface area contributed by atoms with E-state index in [9.17, 15) is 4.79 Å². The van der Waals surface area contributed by atoms with Crippen molar-refractivity contribution in [3.8, 4) is 0 Å². The van der Waals surface area contributed by atoms with Gasteiger partial charge < -0.3 is 0 Å². The molecule has 0 spiro atoms. The Hall–Kier alpha value is -3.78. The Morgan fingerprint density at radius 2 is 1.28 bits per heavy atom. The summed E-state index contributed by atoms with van der Waals surface area (Å²) >= 11 is 0. The maximum atomic E-state index is 13.6. The molecule has 2 heteroatoms. The van der Waals surface area contributed by atoms with Crippen LogP contribution < -0.4 is 0 Å². The van der Waals surface area contributed by atoms with Gasteiger partial charge in [0, 0.05) is 16.8 Å². The van der Waals surface area contributed by atoms with Crippen molar-refractivity contribution in [2.75, 3.05) is 0 Å². The second-order valence-electron chi connectivity index (χ2n) is 8.55. The third-order valence-electron chi connectivity index (χ3n) is 6.65. The quantitative estimate of drug-likeness (QED) is 0.234. The number of fused-ring (bicyclic) bond motifs is 3. The Morgan fingerprint density at radius 3 is 1.97 bits per heavy atom. The first kappa shape index (κ1) is 18.9. The SMILES string of the molecule is O=C([O+]=C1C=CC(=C2CCCC2)c2ccccc21)c1c2ccccc2cc2ccccc12. The lowest BCUT2D eigenvalue weighted by Gasteiger charge is -2.15. The number of hydrogen-bond donors (Lipinski definition) is 0. The van der Waals surface area contributed by atoms with Gasteiger partial charge in [-0.25, -0.2) is 0 Å². The maximum Gasteiger partial charge on any atom is 0.614 e. The molecule has 2 aliphatic carbocycles. The fraction of sp³-hybridized carbons (Fsp3) is 0.133. The number of rotatable bonds is 1. The van der Waals surface area contributed by atoms with Gasteiger partial charge >= 0.3 is 5.97 Å². The average Bonchev–Trinajstić information content (AvgIpc) is 3.37. The first-order valence-corrected chi connectivity index (χ1v) is 11.3. The van der Waals surface area contributed by atoms with Crippen LogP contribution in [-0.4, -0.2) is 11.8 Å². The summed E-state index contributed by atoms with van der Waals surface area (Å²) in [4.78, 5) is 13.6. The van der Waals surface area contributed by atoms with E-state index in [-0.39, 0.29) is 5.97 Å². The van der Waals surface area contributed by atoms with Gasteiger partial charge in [0.15, 0.2) is 0 Å². The Kier molecular flexibility index (Phi) is 4.57. The molecule has 0 aromatic heterocycles. The second kappa shape index (κ2) is 7.72. The molecule has 6 rings (SSSR count). The summed E-state index contributed by atoms with van der Waals surface area (Å²) in [5.74, 6) is 0.300. The van der Waals surface area contributed by atoms with Crippen LogP contribution in [0.1, 0.15) is 51.6 Å². The minimum Gasteiger partial charge on any atom is -0.267 e. The van der Waals surface area contributed by atoms with Crippen LogP contribution in [0.15, 0.2) is 96.6 Å². The first-order valence-electron chi connectivity index (χ1n) is 11.3. The van der Waals surface area contributed by atoms with Crippen molar-refractivity contribution < 1.29 is 9.22 Å². The molecule has 0 heterocycles. The molecule has 154 valence electrons. The van der Waals surface area contributed by atoms with E-state index in [2.05, 4.69) is 30.3 Å². The molecule has 0 amide bonds. The number of carbonyl (C=O) groups is 1. The van der Waals surface area contributed by atoms with Gasteiger partial charge in [0.1, 0.15) is 5.56 Å². The van der Waals surface area contributed by atoms with Gasteiger partial charge in [-0.1, -0.05) is 72.3 Å². The third kappa shape index (κ3) is 3.11. The van der Waals surface area contributed by atoms with Crippen LogP contribution in [0.5, 0.6) is 0 Å². The molecule has 4 aromatic rings. The van der Waals surface area contributed by atoms with Crippen LogP contribution >= 0.6 is 0 Å². The molecule has 0 aliphatic heterocycles. The van der Waals surface area contributed by atoms with Crippen LogP contribution in [-0.2, 0) is 0 Å². The lowest BCUT2D eigenvalue weighted by atomic mass is 9.88. The Balaban J connectivity index is 1.53. The zero-order valence-electron chi connectivity index (χ0n) is 17.8. The first-order chi connectivity index (χ1) is 15.8. The molecule has 0 saturated heterocycles. The molecule has 4 aromatic carbocycles. The number of hydrogen-bond acceptors (Lipinski definition) is 1. The Morgan fingerprint density at radius 1 is 0.688 bits per heavy atom. The van der Waals surface area contributed by atoms with E-state index in [0.29, 0.717) is 11.3 Å². The molecule has 0 atom stereocenters. The molecular weight excluding hydrogens is 392 g/mol. The summed E-state index contributed by atoms with van der Waals surface area (Å²) in [6.45, 7) is 0. The van der Waals surface area contributed by atoms with Crippen molar-refractivity contribution in [2.45, 2.75) is 25.7 Å². The van der Waals surface area contributed by atoms with Crippen molar-refractivity contribution in [3.63, 3.8) is 0 Å². The normalized spacial score (nSPS) is 16.8. The van der Waals surface area contributed by atoms with Gasteiger partial charge in [-0.3, -0.25) is 4.42 Å². The largest absolute Gasteiger partial charge is 0.614 e. The van der Waals surface area contributed by atoms with Gasteiger partial charge in [0.25, 0.3) is 5.78 Å². The van der Waals surface area contributed by atoms with Crippen LogP contribution in [0.25, 0.3) is 27.1 Å². The molecule has 1 fully saturated rings.